The summed E-state index contributed by atoms with van der Waals surface area (Å²) in [4.78, 5) is 12.6. The van der Waals surface area contributed by atoms with Gasteiger partial charge in [0.1, 0.15) is 5.82 Å². The molecule has 6 heteroatoms. The smallest absolute Gasteiger partial charge is 0.192 e. The van der Waals surface area contributed by atoms with Crippen molar-refractivity contribution in [3.63, 3.8) is 0 Å². The Morgan fingerprint density at radius 3 is 2.70 bits per heavy atom. The summed E-state index contributed by atoms with van der Waals surface area (Å²) in [5.41, 5.74) is 2.33. The maximum atomic E-state index is 14.0. The first-order valence-corrected chi connectivity index (χ1v) is 11.5. The molecule has 0 saturated heterocycles. The number of aromatic nitrogens is 3. The number of carbonyl (C=O) groups is 1. The zero-order valence-electron chi connectivity index (χ0n) is 17.3. The molecule has 0 radical (unpaired) electrons. The lowest BCUT2D eigenvalue weighted by molar-refractivity contribution is 0.101. The third kappa shape index (κ3) is 4.33. The molecule has 4 rings (SSSR count). The van der Waals surface area contributed by atoms with Crippen molar-refractivity contribution >= 4 is 17.5 Å². The molecule has 1 aliphatic rings. The van der Waals surface area contributed by atoms with Gasteiger partial charge in [-0.2, -0.15) is 0 Å². The van der Waals surface area contributed by atoms with Crippen LogP contribution in [0.5, 0.6) is 0 Å². The zero-order valence-corrected chi connectivity index (χ0v) is 18.2. The molecule has 0 amide bonds. The Balaban J connectivity index is 1.66. The van der Waals surface area contributed by atoms with Crippen molar-refractivity contribution in [2.24, 2.45) is 5.92 Å². The van der Waals surface area contributed by atoms with Crippen molar-refractivity contribution in [2.45, 2.75) is 50.7 Å². The zero-order chi connectivity index (χ0) is 21.1. The van der Waals surface area contributed by atoms with E-state index < -0.39 is 5.82 Å². The summed E-state index contributed by atoms with van der Waals surface area (Å²) in [6, 6.07) is 14.7. The Morgan fingerprint density at radius 1 is 1.13 bits per heavy atom. The van der Waals surface area contributed by atoms with E-state index in [1.807, 2.05) is 6.07 Å². The van der Waals surface area contributed by atoms with Gasteiger partial charge in [0.2, 0.25) is 0 Å². The molecule has 0 bridgehead atoms. The van der Waals surface area contributed by atoms with Crippen molar-refractivity contribution in [3.05, 3.63) is 65.5 Å². The lowest BCUT2D eigenvalue weighted by Gasteiger charge is -2.31. The largest absolute Gasteiger partial charge is 0.299 e. The molecule has 1 aromatic heterocycles. The molecule has 0 N–H and O–H groups in total. The summed E-state index contributed by atoms with van der Waals surface area (Å²) in [7, 11) is 0. The average molecular weight is 424 g/mol. The highest BCUT2D eigenvalue weighted by Crippen LogP contribution is 2.39. The standard InChI is InChI=1S/C24H26FN3OS/c1-16-8-7-10-18(14-16)23-26-27-24(28(23)21-13-6-3-9-17(21)2)30-15-22(29)19-11-4-5-12-20(19)25/h4-5,7-8,10-12,14,17,21H,3,6,9,13,15H2,1-2H3/t17-,21+/m1/s1. The number of nitrogens with zero attached hydrogens (tertiary/aromatic N) is 3. The van der Waals surface area contributed by atoms with Crippen molar-refractivity contribution in [1.82, 2.24) is 14.8 Å². The Kier molecular flexibility index (Phi) is 6.32. The number of carbonyl (C=O) groups excluding carboxylic acids is 1. The van der Waals surface area contributed by atoms with Gasteiger partial charge in [-0.3, -0.25) is 9.36 Å². The molecule has 4 nitrogen and oxygen atoms in total. The molecule has 30 heavy (non-hydrogen) atoms. The number of hydrogen-bond donors (Lipinski definition) is 0. The van der Waals surface area contributed by atoms with E-state index in [0.29, 0.717) is 12.0 Å². The van der Waals surface area contributed by atoms with Crippen LogP contribution in [0.3, 0.4) is 0 Å². The lowest BCUT2D eigenvalue weighted by Crippen LogP contribution is -2.22. The summed E-state index contributed by atoms with van der Waals surface area (Å²) in [6.07, 6.45) is 4.67. The monoisotopic (exact) mass is 423 g/mol. The van der Waals surface area contributed by atoms with Crippen LogP contribution in [0.15, 0.2) is 53.7 Å². The molecule has 3 aromatic rings. The number of benzene rings is 2. The van der Waals surface area contributed by atoms with E-state index in [4.69, 9.17) is 0 Å². The minimum Gasteiger partial charge on any atom is -0.299 e. The second-order valence-corrected chi connectivity index (χ2v) is 9.01. The van der Waals surface area contributed by atoms with Crippen LogP contribution in [-0.2, 0) is 0 Å². The van der Waals surface area contributed by atoms with Gasteiger partial charge in [-0.05, 0) is 43.9 Å². The Bertz CT molecular complexity index is 1050. The summed E-state index contributed by atoms with van der Waals surface area (Å²) in [5, 5.41) is 9.69. The molecule has 0 aliphatic heterocycles. The van der Waals surface area contributed by atoms with E-state index in [-0.39, 0.29) is 17.1 Å². The second kappa shape index (κ2) is 9.13. The number of halogens is 1. The lowest BCUT2D eigenvalue weighted by atomic mass is 9.85. The maximum absolute atomic E-state index is 14.0. The van der Waals surface area contributed by atoms with Gasteiger partial charge in [0.25, 0.3) is 0 Å². The van der Waals surface area contributed by atoms with Gasteiger partial charge in [-0.1, -0.05) is 67.4 Å². The van der Waals surface area contributed by atoms with Crippen molar-refractivity contribution in [2.75, 3.05) is 5.75 Å². The van der Waals surface area contributed by atoms with Crippen LogP contribution < -0.4 is 0 Å². The average Bonchev–Trinajstić information content (AvgIpc) is 3.16. The number of hydrogen-bond acceptors (Lipinski definition) is 4. The normalized spacial score (nSPS) is 19.0. The van der Waals surface area contributed by atoms with E-state index in [2.05, 4.69) is 46.8 Å². The summed E-state index contributed by atoms with van der Waals surface area (Å²) >= 11 is 1.35. The molecule has 1 aliphatic carbocycles. The Labute approximate surface area is 180 Å². The van der Waals surface area contributed by atoms with Crippen LogP contribution in [0.4, 0.5) is 4.39 Å². The fourth-order valence-electron chi connectivity index (χ4n) is 4.23. The fourth-order valence-corrected chi connectivity index (χ4v) is 5.11. The van der Waals surface area contributed by atoms with Crippen LogP contribution in [0.25, 0.3) is 11.4 Å². The first-order chi connectivity index (χ1) is 14.5. The molecular weight excluding hydrogens is 397 g/mol. The molecular formula is C24H26FN3OS. The molecule has 0 unspecified atom stereocenters. The van der Waals surface area contributed by atoms with Gasteiger partial charge >= 0.3 is 0 Å². The predicted molar refractivity (Wildman–Crippen MR) is 118 cm³/mol. The number of thioether (sulfide) groups is 1. The number of aryl methyl sites for hydroxylation is 1. The summed E-state index contributed by atoms with van der Waals surface area (Å²) in [5.74, 6) is 0.777. The number of Topliss-reactive ketones (excluding diaryl/α,β-unsaturated/α-hetero) is 1. The van der Waals surface area contributed by atoms with Crippen LogP contribution in [0.2, 0.25) is 0 Å². The Hall–Kier alpha value is -2.47. The fraction of sp³-hybridized carbons (Fsp3) is 0.375. The molecule has 1 fully saturated rings. The minimum atomic E-state index is -0.481. The second-order valence-electron chi connectivity index (χ2n) is 8.07. The van der Waals surface area contributed by atoms with Crippen LogP contribution in [0.1, 0.15) is 54.6 Å². The molecule has 1 heterocycles. The molecule has 156 valence electrons. The van der Waals surface area contributed by atoms with Crippen LogP contribution in [0, 0.1) is 18.7 Å². The van der Waals surface area contributed by atoms with Gasteiger partial charge in [0.15, 0.2) is 16.8 Å². The van der Waals surface area contributed by atoms with Gasteiger partial charge in [-0.25, -0.2) is 4.39 Å². The van der Waals surface area contributed by atoms with Crippen LogP contribution in [-0.4, -0.2) is 26.3 Å². The van der Waals surface area contributed by atoms with Crippen molar-refractivity contribution in [1.29, 1.82) is 0 Å². The third-order valence-electron chi connectivity index (χ3n) is 5.85. The summed E-state index contributed by atoms with van der Waals surface area (Å²) < 4.78 is 16.2. The van der Waals surface area contributed by atoms with Gasteiger partial charge in [-0.15, -0.1) is 10.2 Å². The quantitative estimate of drug-likeness (QED) is 0.354. The van der Waals surface area contributed by atoms with Gasteiger partial charge in [0.05, 0.1) is 11.3 Å². The topological polar surface area (TPSA) is 47.8 Å². The molecule has 2 atom stereocenters. The third-order valence-corrected chi connectivity index (χ3v) is 6.79. The Morgan fingerprint density at radius 2 is 1.93 bits per heavy atom. The maximum Gasteiger partial charge on any atom is 0.192 e. The van der Waals surface area contributed by atoms with E-state index in [9.17, 15) is 9.18 Å². The predicted octanol–water partition coefficient (Wildman–Crippen LogP) is 6.12. The number of rotatable bonds is 6. The first-order valence-electron chi connectivity index (χ1n) is 10.5. The minimum absolute atomic E-state index is 0.126. The first kappa shape index (κ1) is 20.8. The highest BCUT2D eigenvalue weighted by Gasteiger charge is 2.29. The van der Waals surface area contributed by atoms with E-state index in [1.54, 1.807) is 12.1 Å². The van der Waals surface area contributed by atoms with E-state index in [1.165, 1.54) is 48.7 Å². The highest BCUT2D eigenvalue weighted by atomic mass is 32.2. The van der Waals surface area contributed by atoms with Gasteiger partial charge < -0.3 is 0 Å². The highest BCUT2D eigenvalue weighted by molar-refractivity contribution is 7.99. The molecule has 2 aromatic carbocycles. The summed E-state index contributed by atoms with van der Waals surface area (Å²) in [6.45, 7) is 4.35. The molecule has 0 spiro atoms. The van der Waals surface area contributed by atoms with Gasteiger partial charge in [0, 0.05) is 11.6 Å². The number of ketones is 1. The van der Waals surface area contributed by atoms with E-state index >= 15 is 0 Å². The van der Waals surface area contributed by atoms with E-state index in [0.717, 1.165) is 23.0 Å². The van der Waals surface area contributed by atoms with Crippen molar-refractivity contribution in [3.8, 4) is 11.4 Å². The van der Waals surface area contributed by atoms with Crippen LogP contribution >= 0.6 is 11.8 Å². The SMILES string of the molecule is Cc1cccc(-c2nnc(SCC(=O)c3ccccc3F)n2[C@H]2CCCC[C@H]2C)c1. The van der Waals surface area contributed by atoms with Crippen molar-refractivity contribution < 1.29 is 9.18 Å². The molecule has 1 saturated carbocycles.